The molecule has 0 amide bonds. The smallest absolute Gasteiger partial charge is 0.338 e. The SMILES string of the molecule is CCCCS(=O)(=O)Nc1ccc(Cl)c(C(=O)O)c1Cl. The lowest BCUT2D eigenvalue weighted by Gasteiger charge is -2.11. The van der Waals surface area contributed by atoms with Gasteiger partial charge in [0, 0.05) is 0 Å². The molecule has 2 N–H and O–H groups in total. The fourth-order valence-corrected chi connectivity index (χ4v) is 3.29. The topological polar surface area (TPSA) is 83.5 Å². The Labute approximate surface area is 121 Å². The number of hydrogen-bond donors (Lipinski definition) is 2. The molecule has 1 rings (SSSR count). The van der Waals surface area contributed by atoms with E-state index < -0.39 is 16.0 Å². The molecule has 1 aromatic carbocycles. The van der Waals surface area contributed by atoms with E-state index in [4.69, 9.17) is 28.3 Å². The summed E-state index contributed by atoms with van der Waals surface area (Å²) < 4.78 is 25.7. The van der Waals surface area contributed by atoms with Gasteiger partial charge in [-0.2, -0.15) is 0 Å². The summed E-state index contributed by atoms with van der Waals surface area (Å²) in [4.78, 5) is 11.0. The van der Waals surface area contributed by atoms with E-state index in [0.717, 1.165) is 6.42 Å². The van der Waals surface area contributed by atoms with Crippen LogP contribution in [0.4, 0.5) is 5.69 Å². The first-order valence-corrected chi connectivity index (χ1v) is 7.91. The summed E-state index contributed by atoms with van der Waals surface area (Å²) in [6.07, 6.45) is 1.24. The zero-order chi connectivity index (χ0) is 14.6. The Balaban J connectivity index is 3.10. The third-order valence-electron chi connectivity index (χ3n) is 2.34. The second-order valence-corrected chi connectivity index (χ2v) is 6.49. The van der Waals surface area contributed by atoms with Crippen LogP contribution >= 0.6 is 23.2 Å². The van der Waals surface area contributed by atoms with Crippen molar-refractivity contribution in [1.82, 2.24) is 0 Å². The van der Waals surface area contributed by atoms with Gasteiger partial charge in [0.15, 0.2) is 0 Å². The third-order valence-corrected chi connectivity index (χ3v) is 4.40. The Hall–Kier alpha value is -0.980. The summed E-state index contributed by atoms with van der Waals surface area (Å²) in [6.45, 7) is 1.87. The van der Waals surface area contributed by atoms with Gasteiger partial charge in [0.05, 0.1) is 27.0 Å². The van der Waals surface area contributed by atoms with Crippen molar-refractivity contribution in [3.8, 4) is 0 Å². The number of carboxylic acid groups (broad SMARTS) is 1. The molecule has 0 spiro atoms. The second-order valence-electron chi connectivity index (χ2n) is 3.86. The molecule has 0 fully saturated rings. The summed E-state index contributed by atoms with van der Waals surface area (Å²) in [5.74, 6) is -1.37. The van der Waals surface area contributed by atoms with Crippen molar-refractivity contribution in [2.75, 3.05) is 10.5 Å². The molecule has 19 heavy (non-hydrogen) atoms. The fraction of sp³-hybridized carbons (Fsp3) is 0.364. The number of nitrogens with one attached hydrogen (secondary N) is 1. The number of carboxylic acids is 1. The molecule has 0 heterocycles. The van der Waals surface area contributed by atoms with Crippen LogP contribution in [0.25, 0.3) is 0 Å². The summed E-state index contributed by atoms with van der Waals surface area (Å²) in [5, 5.41) is 8.70. The van der Waals surface area contributed by atoms with Crippen molar-refractivity contribution in [3.63, 3.8) is 0 Å². The average molecular weight is 326 g/mol. The fourth-order valence-electron chi connectivity index (χ4n) is 1.38. The molecule has 0 aliphatic rings. The minimum Gasteiger partial charge on any atom is -0.478 e. The molecule has 8 heteroatoms. The van der Waals surface area contributed by atoms with E-state index in [2.05, 4.69) is 4.72 Å². The molecule has 0 aromatic heterocycles. The van der Waals surface area contributed by atoms with Crippen molar-refractivity contribution in [2.45, 2.75) is 19.8 Å². The van der Waals surface area contributed by atoms with Crippen molar-refractivity contribution < 1.29 is 18.3 Å². The van der Waals surface area contributed by atoms with Crippen LogP contribution in [0.3, 0.4) is 0 Å². The highest BCUT2D eigenvalue weighted by Gasteiger charge is 2.19. The first kappa shape index (κ1) is 16.1. The van der Waals surface area contributed by atoms with Gasteiger partial charge in [-0.15, -0.1) is 0 Å². The van der Waals surface area contributed by atoms with Gasteiger partial charge in [-0.05, 0) is 18.6 Å². The van der Waals surface area contributed by atoms with E-state index in [9.17, 15) is 13.2 Å². The average Bonchev–Trinajstić information content (AvgIpc) is 2.30. The second kappa shape index (κ2) is 6.45. The number of aromatic carboxylic acids is 1. The van der Waals surface area contributed by atoms with Gasteiger partial charge in [0.2, 0.25) is 10.0 Å². The number of rotatable bonds is 6. The van der Waals surface area contributed by atoms with Crippen LogP contribution in [0.15, 0.2) is 12.1 Å². The predicted molar refractivity (Wildman–Crippen MR) is 75.7 cm³/mol. The first-order valence-electron chi connectivity index (χ1n) is 5.50. The molecule has 106 valence electrons. The van der Waals surface area contributed by atoms with E-state index in [-0.39, 0.29) is 27.0 Å². The molecule has 5 nitrogen and oxygen atoms in total. The lowest BCUT2D eigenvalue weighted by atomic mass is 10.2. The Morgan fingerprint density at radius 3 is 2.53 bits per heavy atom. The third kappa shape index (κ3) is 4.26. The molecule has 0 bridgehead atoms. The molecule has 1 aromatic rings. The highest BCUT2D eigenvalue weighted by atomic mass is 35.5. The zero-order valence-corrected chi connectivity index (χ0v) is 12.4. The number of unbranched alkanes of at least 4 members (excludes halogenated alkanes) is 1. The maximum absolute atomic E-state index is 11.7. The zero-order valence-electron chi connectivity index (χ0n) is 10.1. The van der Waals surface area contributed by atoms with Crippen LogP contribution in [0.2, 0.25) is 10.0 Å². The van der Waals surface area contributed by atoms with Crippen molar-refractivity contribution in [2.24, 2.45) is 0 Å². The molecule has 0 atom stereocenters. The molecule has 0 aliphatic heterocycles. The molecule has 0 radical (unpaired) electrons. The van der Waals surface area contributed by atoms with E-state index in [0.29, 0.717) is 6.42 Å². The number of benzene rings is 1. The van der Waals surface area contributed by atoms with Crippen molar-refractivity contribution in [3.05, 3.63) is 27.7 Å². The van der Waals surface area contributed by atoms with Crippen LogP contribution in [0, 0.1) is 0 Å². The molecular weight excluding hydrogens is 313 g/mol. The number of carbonyl (C=O) groups is 1. The molecular formula is C11H13Cl2NO4S. The van der Waals surface area contributed by atoms with Gasteiger partial charge in [-0.25, -0.2) is 13.2 Å². The lowest BCUT2D eigenvalue weighted by Crippen LogP contribution is -2.17. The van der Waals surface area contributed by atoms with Gasteiger partial charge >= 0.3 is 5.97 Å². The van der Waals surface area contributed by atoms with E-state index in [1.807, 2.05) is 6.92 Å². The van der Waals surface area contributed by atoms with Crippen molar-refractivity contribution >= 4 is 44.9 Å². The normalized spacial score (nSPS) is 11.3. The van der Waals surface area contributed by atoms with Crippen LogP contribution in [0.5, 0.6) is 0 Å². The van der Waals surface area contributed by atoms with E-state index in [1.54, 1.807) is 0 Å². The number of sulfonamides is 1. The van der Waals surface area contributed by atoms with Crippen LogP contribution in [-0.2, 0) is 10.0 Å². The lowest BCUT2D eigenvalue weighted by molar-refractivity contribution is 0.0697. The quantitative estimate of drug-likeness (QED) is 0.841. The summed E-state index contributed by atoms with van der Waals surface area (Å²) in [7, 11) is -3.55. The van der Waals surface area contributed by atoms with Crippen LogP contribution in [0.1, 0.15) is 30.1 Å². The molecule has 0 saturated heterocycles. The maximum atomic E-state index is 11.7. The van der Waals surface area contributed by atoms with Crippen molar-refractivity contribution in [1.29, 1.82) is 0 Å². The largest absolute Gasteiger partial charge is 0.478 e. The van der Waals surface area contributed by atoms with Gasteiger partial charge in [-0.1, -0.05) is 36.5 Å². The van der Waals surface area contributed by atoms with Gasteiger partial charge in [0.1, 0.15) is 0 Å². The van der Waals surface area contributed by atoms with Crippen LogP contribution < -0.4 is 4.72 Å². The number of hydrogen-bond acceptors (Lipinski definition) is 3. The monoisotopic (exact) mass is 325 g/mol. The Morgan fingerprint density at radius 1 is 1.37 bits per heavy atom. The standard InChI is InChI=1S/C11H13Cl2NO4S/c1-2-3-6-19(17,18)14-8-5-4-7(12)9(10(8)13)11(15)16/h4-5,14H,2-3,6H2,1H3,(H,15,16). The summed E-state index contributed by atoms with van der Waals surface area (Å²) in [6, 6.07) is 2.62. The Morgan fingerprint density at radius 2 is 2.00 bits per heavy atom. The minimum atomic E-state index is -3.55. The molecule has 0 aliphatic carbocycles. The summed E-state index contributed by atoms with van der Waals surface area (Å²) >= 11 is 11.6. The van der Waals surface area contributed by atoms with Gasteiger partial charge in [-0.3, -0.25) is 4.72 Å². The maximum Gasteiger partial charge on any atom is 0.338 e. The van der Waals surface area contributed by atoms with E-state index >= 15 is 0 Å². The molecule has 0 unspecified atom stereocenters. The minimum absolute atomic E-state index is 0.0135. The number of halogens is 2. The highest BCUT2D eigenvalue weighted by Crippen LogP contribution is 2.32. The van der Waals surface area contributed by atoms with Crippen LogP contribution in [-0.4, -0.2) is 25.2 Å². The van der Waals surface area contributed by atoms with Gasteiger partial charge in [0.25, 0.3) is 0 Å². The van der Waals surface area contributed by atoms with E-state index in [1.165, 1.54) is 12.1 Å². The number of anilines is 1. The predicted octanol–water partition coefficient (Wildman–Crippen LogP) is 3.23. The molecule has 0 saturated carbocycles. The van der Waals surface area contributed by atoms with Gasteiger partial charge < -0.3 is 5.11 Å². The summed E-state index contributed by atoms with van der Waals surface area (Å²) in [5.41, 5.74) is -0.307. The first-order chi connectivity index (χ1) is 8.78. The highest BCUT2D eigenvalue weighted by molar-refractivity contribution is 7.92. The Kier molecular flexibility index (Phi) is 5.46. The Bertz CT molecular complexity index is 587.